The number of nitrogens with one attached hydrogen (secondary N) is 2. The average molecular weight is 322 g/mol. The minimum atomic E-state index is 0.0225. The number of hydrogen-bond donors (Lipinski definition) is 2. The van der Waals surface area contributed by atoms with Crippen LogP contribution in [0.2, 0.25) is 0 Å². The fourth-order valence-electron chi connectivity index (χ4n) is 3.57. The average Bonchev–Trinajstić information content (AvgIpc) is 3.27. The van der Waals surface area contributed by atoms with E-state index in [0.717, 1.165) is 49.1 Å². The highest BCUT2D eigenvalue weighted by atomic mass is 16.2. The molecule has 1 aliphatic heterocycles. The van der Waals surface area contributed by atoms with Crippen molar-refractivity contribution in [2.75, 3.05) is 6.54 Å². The van der Waals surface area contributed by atoms with Gasteiger partial charge in [-0.3, -0.25) is 9.89 Å². The summed E-state index contributed by atoms with van der Waals surface area (Å²) >= 11 is 0. The summed E-state index contributed by atoms with van der Waals surface area (Å²) in [5.74, 6) is 0.0225. The summed E-state index contributed by atoms with van der Waals surface area (Å²) in [6.07, 6.45) is 4.04. The number of fused-ring (bicyclic) bond motifs is 1. The fourth-order valence-corrected chi connectivity index (χ4v) is 3.57. The van der Waals surface area contributed by atoms with Gasteiger partial charge in [0.2, 0.25) is 0 Å². The fraction of sp³-hybridized carbons (Fsp3) is 0.368. The summed E-state index contributed by atoms with van der Waals surface area (Å²) in [6.45, 7) is 2.84. The molecule has 0 bridgehead atoms. The number of amides is 1. The van der Waals surface area contributed by atoms with Crippen LogP contribution < -0.4 is 0 Å². The first kappa shape index (κ1) is 15.0. The molecule has 1 amide bonds. The van der Waals surface area contributed by atoms with Crippen LogP contribution in [0.5, 0.6) is 0 Å². The SMILES string of the molecule is CCc1cc(C(=O)N2CCCCC2c2cc3ccccc3[nH]2)n[nH]1. The molecule has 0 spiro atoms. The zero-order chi connectivity index (χ0) is 16.5. The van der Waals surface area contributed by atoms with Crippen molar-refractivity contribution in [2.45, 2.75) is 38.6 Å². The number of aromatic amines is 2. The number of rotatable bonds is 3. The second-order valence-electron chi connectivity index (χ2n) is 6.45. The van der Waals surface area contributed by atoms with E-state index in [-0.39, 0.29) is 11.9 Å². The third-order valence-corrected chi connectivity index (χ3v) is 4.90. The van der Waals surface area contributed by atoms with Crippen LogP contribution in [0.1, 0.15) is 54.1 Å². The van der Waals surface area contributed by atoms with Gasteiger partial charge in [-0.1, -0.05) is 25.1 Å². The molecule has 124 valence electrons. The number of carbonyl (C=O) groups is 1. The molecule has 0 radical (unpaired) electrons. The van der Waals surface area contributed by atoms with E-state index in [1.807, 2.05) is 23.1 Å². The maximum Gasteiger partial charge on any atom is 0.274 e. The minimum Gasteiger partial charge on any atom is -0.357 e. The second kappa shape index (κ2) is 6.15. The molecule has 2 N–H and O–H groups in total. The molecule has 2 aromatic heterocycles. The smallest absolute Gasteiger partial charge is 0.274 e. The zero-order valence-electron chi connectivity index (χ0n) is 13.9. The van der Waals surface area contributed by atoms with E-state index >= 15 is 0 Å². The van der Waals surface area contributed by atoms with Crippen molar-refractivity contribution in [3.05, 3.63) is 53.5 Å². The van der Waals surface area contributed by atoms with Gasteiger partial charge < -0.3 is 9.88 Å². The van der Waals surface area contributed by atoms with E-state index in [0.29, 0.717) is 5.69 Å². The predicted molar refractivity (Wildman–Crippen MR) is 93.9 cm³/mol. The van der Waals surface area contributed by atoms with Gasteiger partial charge in [-0.05, 0) is 49.3 Å². The van der Waals surface area contributed by atoms with Gasteiger partial charge in [-0.2, -0.15) is 5.10 Å². The molecule has 1 atom stereocenters. The molecular weight excluding hydrogens is 300 g/mol. The molecule has 1 saturated heterocycles. The molecule has 0 aliphatic carbocycles. The number of aromatic nitrogens is 3. The van der Waals surface area contributed by atoms with E-state index in [1.54, 1.807) is 0 Å². The number of nitrogens with zero attached hydrogens (tertiary/aromatic N) is 2. The van der Waals surface area contributed by atoms with Crippen LogP contribution in [0.4, 0.5) is 0 Å². The van der Waals surface area contributed by atoms with E-state index in [9.17, 15) is 4.79 Å². The van der Waals surface area contributed by atoms with Crippen LogP contribution >= 0.6 is 0 Å². The molecule has 1 unspecified atom stereocenters. The Morgan fingerprint density at radius 2 is 2.17 bits per heavy atom. The lowest BCUT2D eigenvalue weighted by Gasteiger charge is -2.34. The van der Waals surface area contributed by atoms with Crippen molar-refractivity contribution in [3.8, 4) is 0 Å². The number of piperidine rings is 1. The Balaban J connectivity index is 1.66. The Morgan fingerprint density at radius 3 is 2.96 bits per heavy atom. The summed E-state index contributed by atoms with van der Waals surface area (Å²) in [5, 5.41) is 8.35. The monoisotopic (exact) mass is 322 g/mol. The van der Waals surface area contributed by atoms with Gasteiger partial charge in [0.05, 0.1) is 6.04 Å². The highest BCUT2D eigenvalue weighted by Crippen LogP contribution is 2.33. The maximum absolute atomic E-state index is 13.0. The highest BCUT2D eigenvalue weighted by molar-refractivity contribution is 5.93. The summed E-state index contributed by atoms with van der Waals surface area (Å²) in [4.78, 5) is 18.4. The molecular formula is C19H22N4O. The normalized spacial score (nSPS) is 18.2. The Labute approximate surface area is 141 Å². The number of likely N-dealkylation sites (tertiary alicyclic amines) is 1. The Hall–Kier alpha value is -2.56. The molecule has 1 aromatic carbocycles. The highest BCUT2D eigenvalue weighted by Gasteiger charge is 2.30. The van der Waals surface area contributed by atoms with Crippen LogP contribution in [-0.4, -0.2) is 32.5 Å². The van der Waals surface area contributed by atoms with Crippen LogP contribution in [0.25, 0.3) is 10.9 Å². The first-order valence-corrected chi connectivity index (χ1v) is 8.69. The minimum absolute atomic E-state index is 0.0225. The molecule has 1 aliphatic rings. The number of para-hydroxylation sites is 1. The number of hydrogen-bond acceptors (Lipinski definition) is 2. The lowest BCUT2D eigenvalue weighted by atomic mass is 9.98. The van der Waals surface area contributed by atoms with Crippen molar-refractivity contribution in [1.82, 2.24) is 20.1 Å². The van der Waals surface area contributed by atoms with E-state index in [1.165, 1.54) is 5.39 Å². The van der Waals surface area contributed by atoms with Crippen molar-refractivity contribution in [2.24, 2.45) is 0 Å². The largest absolute Gasteiger partial charge is 0.357 e. The standard InChI is InChI=1S/C19H22N4O/c1-2-14-12-17(22-21-14)19(24)23-10-6-5-9-18(23)16-11-13-7-3-4-8-15(13)20-16/h3-4,7-8,11-12,18,20H,2,5-6,9-10H2,1H3,(H,21,22). The van der Waals surface area contributed by atoms with Gasteiger partial charge in [0.1, 0.15) is 5.69 Å². The summed E-state index contributed by atoms with van der Waals surface area (Å²) in [5.41, 5.74) is 3.77. The van der Waals surface area contributed by atoms with Crippen LogP contribution in [0.3, 0.4) is 0 Å². The molecule has 1 fully saturated rings. The first-order chi connectivity index (χ1) is 11.8. The van der Waals surface area contributed by atoms with E-state index < -0.39 is 0 Å². The molecule has 3 heterocycles. The molecule has 0 saturated carbocycles. The van der Waals surface area contributed by atoms with Crippen molar-refractivity contribution in [3.63, 3.8) is 0 Å². The first-order valence-electron chi connectivity index (χ1n) is 8.69. The van der Waals surface area contributed by atoms with E-state index in [2.05, 4.69) is 40.3 Å². The second-order valence-corrected chi connectivity index (χ2v) is 6.45. The van der Waals surface area contributed by atoms with Gasteiger partial charge in [-0.15, -0.1) is 0 Å². The quantitative estimate of drug-likeness (QED) is 0.770. The molecule has 3 aromatic rings. The van der Waals surface area contributed by atoms with Gasteiger partial charge >= 0.3 is 0 Å². The van der Waals surface area contributed by atoms with E-state index in [4.69, 9.17) is 0 Å². The van der Waals surface area contributed by atoms with Crippen LogP contribution in [0, 0.1) is 0 Å². The van der Waals surface area contributed by atoms with Crippen molar-refractivity contribution < 1.29 is 4.79 Å². The molecule has 24 heavy (non-hydrogen) atoms. The number of aryl methyl sites for hydroxylation is 1. The zero-order valence-corrected chi connectivity index (χ0v) is 13.9. The molecule has 5 heteroatoms. The molecule has 4 rings (SSSR count). The third kappa shape index (κ3) is 2.60. The van der Waals surface area contributed by atoms with Crippen LogP contribution in [-0.2, 0) is 6.42 Å². The van der Waals surface area contributed by atoms with Gasteiger partial charge in [-0.25, -0.2) is 0 Å². The van der Waals surface area contributed by atoms with Crippen LogP contribution in [0.15, 0.2) is 36.4 Å². The van der Waals surface area contributed by atoms with Crippen molar-refractivity contribution >= 4 is 16.8 Å². The molecule has 5 nitrogen and oxygen atoms in total. The lowest BCUT2D eigenvalue weighted by Crippen LogP contribution is -2.38. The number of carbonyl (C=O) groups excluding carboxylic acids is 1. The van der Waals surface area contributed by atoms with Crippen molar-refractivity contribution in [1.29, 1.82) is 0 Å². The summed E-state index contributed by atoms with van der Waals surface area (Å²) in [6, 6.07) is 12.4. The predicted octanol–water partition coefficient (Wildman–Crippen LogP) is 3.82. The van der Waals surface area contributed by atoms with Gasteiger partial charge in [0, 0.05) is 23.4 Å². The number of H-pyrrole nitrogens is 2. The Kier molecular flexibility index (Phi) is 3.84. The Bertz CT molecular complexity index is 830. The summed E-state index contributed by atoms with van der Waals surface area (Å²) in [7, 11) is 0. The number of benzene rings is 1. The topological polar surface area (TPSA) is 64.8 Å². The summed E-state index contributed by atoms with van der Waals surface area (Å²) < 4.78 is 0. The maximum atomic E-state index is 13.0. The lowest BCUT2D eigenvalue weighted by molar-refractivity contribution is 0.0601. The third-order valence-electron chi connectivity index (χ3n) is 4.90. The van der Waals surface area contributed by atoms with Gasteiger partial charge in [0.15, 0.2) is 0 Å². The van der Waals surface area contributed by atoms with Gasteiger partial charge in [0.25, 0.3) is 5.91 Å². The Morgan fingerprint density at radius 1 is 1.29 bits per heavy atom.